The first-order valence-electron chi connectivity index (χ1n) is 13.0. The van der Waals surface area contributed by atoms with Crippen LogP contribution in [0.1, 0.15) is 37.9 Å². The Morgan fingerprint density at radius 1 is 1.07 bits per heavy atom. The first kappa shape index (κ1) is 28.0. The van der Waals surface area contributed by atoms with Crippen LogP contribution in [0.4, 0.5) is 20.6 Å². The largest absolute Gasteiger partial charge is 0.453 e. The molecule has 1 aliphatic rings. The van der Waals surface area contributed by atoms with Gasteiger partial charge >= 0.3 is 6.09 Å². The van der Waals surface area contributed by atoms with Gasteiger partial charge in [0.1, 0.15) is 5.82 Å². The Hall–Kier alpha value is -4.57. The van der Waals surface area contributed by atoms with Gasteiger partial charge < -0.3 is 10.1 Å². The highest BCUT2D eigenvalue weighted by molar-refractivity contribution is 6.30. The lowest BCUT2D eigenvalue weighted by Crippen LogP contribution is -2.27. The molecule has 2 aromatic heterocycles. The third kappa shape index (κ3) is 6.12. The first-order chi connectivity index (χ1) is 19.7. The zero-order valence-corrected chi connectivity index (χ0v) is 23.1. The van der Waals surface area contributed by atoms with Crippen molar-refractivity contribution >= 4 is 35.0 Å². The third-order valence-corrected chi connectivity index (χ3v) is 7.32. The van der Waals surface area contributed by atoms with Crippen LogP contribution in [-0.4, -0.2) is 33.6 Å². The molecule has 2 atom stereocenters. The minimum atomic E-state index is -0.630. The zero-order valence-electron chi connectivity index (χ0n) is 22.4. The summed E-state index contributed by atoms with van der Waals surface area (Å²) in [6.45, 7) is 1.84. The van der Waals surface area contributed by atoms with E-state index in [1.165, 1.54) is 42.3 Å². The van der Waals surface area contributed by atoms with Crippen LogP contribution in [0, 0.1) is 11.7 Å². The number of amides is 2. The summed E-state index contributed by atoms with van der Waals surface area (Å²) in [5.74, 6) is -1.02. The lowest BCUT2D eigenvalue weighted by molar-refractivity contribution is -0.119. The van der Waals surface area contributed by atoms with Crippen LogP contribution in [0.5, 0.6) is 0 Å². The summed E-state index contributed by atoms with van der Waals surface area (Å²) in [6, 6.07) is 13.7. The molecule has 0 spiro atoms. The van der Waals surface area contributed by atoms with Crippen molar-refractivity contribution in [3.8, 4) is 22.4 Å². The van der Waals surface area contributed by atoms with Gasteiger partial charge in [0.2, 0.25) is 5.91 Å². The van der Waals surface area contributed by atoms with Crippen molar-refractivity contribution in [3.05, 3.63) is 94.0 Å². The topological polar surface area (TPSA) is 115 Å². The molecule has 1 aliphatic heterocycles. The molecule has 2 amide bonds. The van der Waals surface area contributed by atoms with Crippen LogP contribution >= 0.6 is 11.6 Å². The zero-order chi connectivity index (χ0) is 29.1. The van der Waals surface area contributed by atoms with Crippen LogP contribution in [0.3, 0.4) is 0 Å². The molecule has 0 fully saturated rings. The number of halogens is 2. The summed E-state index contributed by atoms with van der Waals surface area (Å²) in [6.07, 6.45) is 4.12. The highest BCUT2D eigenvalue weighted by Gasteiger charge is 2.23. The summed E-state index contributed by atoms with van der Waals surface area (Å²) in [5, 5.41) is 5.94. The van der Waals surface area contributed by atoms with Crippen molar-refractivity contribution < 1.29 is 18.7 Å². The summed E-state index contributed by atoms with van der Waals surface area (Å²) in [5.41, 5.74) is 3.01. The molecule has 41 heavy (non-hydrogen) atoms. The molecule has 0 saturated heterocycles. The molecule has 0 saturated carbocycles. The van der Waals surface area contributed by atoms with E-state index in [0.717, 1.165) is 5.56 Å². The fourth-order valence-corrected chi connectivity index (χ4v) is 5.04. The van der Waals surface area contributed by atoms with Gasteiger partial charge in [-0.1, -0.05) is 31.0 Å². The number of nitrogens with zero attached hydrogens (tertiary/aromatic N) is 3. The number of nitrogens with one attached hydrogen (secondary N) is 2. The Morgan fingerprint density at radius 2 is 1.90 bits per heavy atom. The molecule has 2 unspecified atom stereocenters. The number of carbonyl (C=O) groups excluding carboxylic acids is 2. The number of hydrogen-bond donors (Lipinski definition) is 2. The average molecular weight is 576 g/mol. The minimum absolute atomic E-state index is 0.137. The number of anilines is 2. The van der Waals surface area contributed by atoms with Crippen LogP contribution in [0.15, 0.2) is 71.9 Å². The fraction of sp³-hybridized carbons (Fsp3) is 0.233. The lowest BCUT2D eigenvalue weighted by atomic mass is 9.95. The monoisotopic (exact) mass is 575 g/mol. The van der Waals surface area contributed by atoms with E-state index in [1.54, 1.807) is 30.5 Å². The molecule has 0 aliphatic carbocycles. The van der Waals surface area contributed by atoms with Crippen molar-refractivity contribution in [2.24, 2.45) is 5.92 Å². The SMILES string of the molecule is COC(=O)Nc1ccc2c(c1)NC(=O)C(C)CCCC(n1cnc(-c3cc(Cl)ccc3F)cc1=O)c1cc-2ccn1. The summed E-state index contributed by atoms with van der Waals surface area (Å²) in [4.78, 5) is 47.2. The predicted molar refractivity (Wildman–Crippen MR) is 154 cm³/mol. The van der Waals surface area contributed by atoms with Gasteiger partial charge in [0.05, 0.1) is 36.6 Å². The molecule has 9 nitrogen and oxygen atoms in total. The Labute approximate surface area is 240 Å². The van der Waals surface area contributed by atoms with Crippen LogP contribution in [-0.2, 0) is 9.53 Å². The van der Waals surface area contributed by atoms with Crippen molar-refractivity contribution in [2.45, 2.75) is 32.2 Å². The van der Waals surface area contributed by atoms with Gasteiger partial charge in [-0.05, 0) is 60.9 Å². The maximum absolute atomic E-state index is 14.5. The van der Waals surface area contributed by atoms with E-state index < -0.39 is 18.0 Å². The first-order valence-corrected chi connectivity index (χ1v) is 13.4. The van der Waals surface area contributed by atoms with Gasteiger partial charge in [-0.2, -0.15) is 0 Å². The van der Waals surface area contributed by atoms with Crippen molar-refractivity contribution in [1.29, 1.82) is 0 Å². The fourth-order valence-electron chi connectivity index (χ4n) is 4.86. The standard InChI is InChI=1S/C30H27ClFN5O4/c1-17-4-3-5-27(37-16-34-24(15-28(37)38)22-13-19(31)6-9-23(22)32)26-12-18(10-11-33-26)21-8-7-20(35-30(40)41-2)14-25(21)36-29(17)39/h6-17,27H,3-5H2,1-2H3,(H,35,40)(H,36,39). The van der Waals surface area contributed by atoms with E-state index in [1.807, 2.05) is 13.0 Å². The summed E-state index contributed by atoms with van der Waals surface area (Å²) in [7, 11) is 1.27. The van der Waals surface area contributed by atoms with Crippen LogP contribution in [0.2, 0.25) is 5.02 Å². The number of benzene rings is 2. The second-order valence-corrected chi connectivity index (χ2v) is 10.3. The number of pyridine rings is 1. The molecule has 0 radical (unpaired) electrons. The number of ether oxygens (including phenoxy) is 1. The maximum atomic E-state index is 14.5. The van der Waals surface area contributed by atoms with Crippen LogP contribution in [0.25, 0.3) is 22.4 Å². The van der Waals surface area contributed by atoms with E-state index in [0.29, 0.717) is 46.9 Å². The van der Waals surface area contributed by atoms with Gasteiger partial charge in [-0.3, -0.25) is 24.5 Å². The lowest BCUT2D eigenvalue weighted by Gasteiger charge is -2.23. The Balaban J connectivity index is 1.58. The normalized spacial score (nSPS) is 16.9. The molecular formula is C30H27ClFN5O4. The number of aromatic nitrogens is 3. The van der Waals surface area contributed by atoms with Crippen molar-refractivity contribution in [1.82, 2.24) is 14.5 Å². The van der Waals surface area contributed by atoms with E-state index in [4.69, 9.17) is 11.6 Å². The Morgan fingerprint density at radius 3 is 2.68 bits per heavy atom. The highest BCUT2D eigenvalue weighted by atomic mass is 35.5. The molecule has 5 rings (SSSR count). The Bertz CT molecular complexity index is 1690. The van der Waals surface area contributed by atoms with Crippen LogP contribution < -0.4 is 16.2 Å². The second-order valence-electron chi connectivity index (χ2n) is 9.83. The maximum Gasteiger partial charge on any atom is 0.411 e. The summed E-state index contributed by atoms with van der Waals surface area (Å²) >= 11 is 6.04. The molecule has 2 bridgehead atoms. The summed E-state index contributed by atoms with van der Waals surface area (Å²) < 4.78 is 20.6. The predicted octanol–water partition coefficient (Wildman–Crippen LogP) is 6.29. The van der Waals surface area contributed by atoms with Crippen molar-refractivity contribution in [2.75, 3.05) is 17.7 Å². The van der Waals surface area contributed by atoms with E-state index in [2.05, 4.69) is 25.3 Å². The van der Waals surface area contributed by atoms with Crippen molar-refractivity contribution in [3.63, 3.8) is 0 Å². The number of methoxy groups -OCH3 is 1. The minimum Gasteiger partial charge on any atom is -0.453 e. The highest BCUT2D eigenvalue weighted by Crippen LogP contribution is 2.34. The molecule has 210 valence electrons. The van der Waals surface area contributed by atoms with Gasteiger partial charge in [-0.25, -0.2) is 14.2 Å². The average Bonchev–Trinajstić information content (AvgIpc) is 2.96. The number of hydrogen-bond acceptors (Lipinski definition) is 6. The molecule has 2 aromatic carbocycles. The quantitative estimate of drug-likeness (QED) is 0.297. The molecular weight excluding hydrogens is 549 g/mol. The second kappa shape index (κ2) is 11.9. The smallest absolute Gasteiger partial charge is 0.411 e. The molecule has 3 heterocycles. The van der Waals surface area contributed by atoms with E-state index in [-0.39, 0.29) is 28.6 Å². The van der Waals surface area contributed by atoms with E-state index in [9.17, 15) is 18.8 Å². The molecule has 2 N–H and O–H groups in total. The van der Waals surface area contributed by atoms with Gasteiger partial charge in [0.15, 0.2) is 0 Å². The number of carbonyl (C=O) groups is 2. The third-order valence-electron chi connectivity index (χ3n) is 7.08. The Kier molecular flexibility index (Phi) is 8.11. The number of fused-ring (bicyclic) bond motifs is 4. The van der Waals surface area contributed by atoms with Gasteiger partial charge in [0.25, 0.3) is 5.56 Å². The van der Waals surface area contributed by atoms with E-state index >= 15 is 0 Å². The van der Waals surface area contributed by atoms with Gasteiger partial charge in [0, 0.05) is 40.0 Å². The molecule has 11 heteroatoms. The number of rotatable bonds is 3. The molecule has 4 aromatic rings. The van der Waals surface area contributed by atoms with Gasteiger partial charge in [-0.15, -0.1) is 0 Å².